The first-order chi connectivity index (χ1) is 12.2. The number of aromatic nitrogens is 1. The van der Waals surface area contributed by atoms with E-state index in [0.29, 0.717) is 16.6 Å². The number of hydrogen-bond donors (Lipinski definition) is 1. The second kappa shape index (κ2) is 7.01. The van der Waals surface area contributed by atoms with E-state index >= 15 is 0 Å². The molecule has 0 saturated carbocycles. The quantitative estimate of drug-likeness (QED) is 0.658. The number of nitrogens with zero attached hydrogens (tertiary/aromatic N) is 4. The number of aliphatic imine (C=N–C) groups is 1. The molecule has 3 heterocycles. The van der Waals surface area contributed by atoms with E-state index < -0.39 is 0 Å². The van der Waals surface area contributed by atoms with Crippen LogP contribution in [0.2, 0.25) is 0 Å². The highest BCUT2D eigenvalue weighted by molar-refractivity contribution is 7.97. The Morgan fingerprint density at radius 1 is 1.24 bits per heavy atom. The van der Waals surface area contributed by atoms with Crippen LogP contribution in [-0.2, 0) is 0 Å². The maximum atomic E-state index is 12.9. The monoisotopic (exact) mass is 357 g/mol. The Labute approximate surface area is 150 Å². The Balaban J connectivity index is 1.37. The number of anilines is 2. The van der Waals surface area contributed by atoms with Gasteiger partial charge >= 0.3 is 0 Å². The van der Waals surface area contributed by atoms with Gasteiger partial charge in [0.25, 0.3) is 0 Å². The van der Waals surface area contributed by atoms with E-state index in [9.17, 15) is 4.39 Å². The Bertz CT molecular complexity index is 770. The summed E-state index contributed by atoms with van der Waals surface area (Å²) in [6, 6.07) is 7.92. The Hall–Kier alpha value is -2.12. The summed E-state index contributed by atoms with van der Waals surface area (Å²) in [5, 5.41) is 0.656. The van der Waals surface area contributed by atoms with E-state index in [2.05, 4.69) is 19.2 Å². The molecule has 5 nitrogen and oxygen atoms in total. The van der Waals surface area contributed by atoms with Crippen LogP contribution in [0.3, 0.4) is 0 Å². The summed E-state index contributed by atoms with van der Waals surface area (Å²) in [6.07, 6.45) is 4.73. The molecule has 0 atom stereocenters. The SMILES string of the molecule is Nc1cc(N2CC(SN3CCC3)C2)ncc1C=Nc1ccc(F)cc1. The Morgan fingerprint density at radius 3 is 2.64 bits per heavy atom. The van der Waals surface area contributed by atoms with E-state index in [4.69, 9.17) is 5.73 Å². The van der Waals surface area contributed by atoms with Crippen molar-refractivity contribution in [1.29, 1.82) is 0 Å². The molecule has 0 bridgehead atoms. The van der Waals surface area contributed by atoms with Crippen molar-refractivity contribution in [3.63, 3.8) is 0 Å². The number of halogens is 1. The fourth-order valence-corrected chi connectivity index (χ4v) is 4.10. The topological polar surface area (TPSA) is 57.8 Å². The van der Waals surface area contributed by atoms with E-state index in [1.165, 1.54) is 31.6 Å². The molecule has 0 aliphatic carbocycles. The van der Waals surface area contributed by atoms with E-state index in [1.54, 1.807) is 24.5 Å². The minimum absolute atomic E-state index is 0.274. The molecule has 2 aliphatic rings. The fourth-order valence-electron chi connectivity index (χ4n) is 2.72. The molecular weight excluding hydrogens is 337 g/mol. The molecule has 1 aromatic heterocycles. The summed E-state index contributed by atoms with van der Waals surface area (Å²) < 4.78 is 15.3. The summed E-state index contributed by atoms with van der Waals surface area (Å²) >= 11 is 1.97. The highest BCUT2D eigenvalue weighted by Gasteiger charge is 2.31. The van der Waals surface area contributed by atoms with Crippen molar-refractivity contribution in [2.24, 2.45) is 4.99 Å². The highest BCUT2D eigenvalue weighted by Crippen LogP contribution is 2.32. The minimum atomic E-state index is -0.274. The predicted molar refractivity (Wildman–Crippen MR) is 102 cm³/mol. The van der Waals surface area contributed by atoms with Crippen molar-refractivity contribution in [1.82, 2.24) is 9.29 Å². The van der Waals surface area contributed by atoms with Crippen molar-refractivity contribution in [3.8, 4) is 0 Å². The third-order valence-corrected chi connectivity index (χ3v) is 5.68. The average molecular weight is 357 g/mol. The Morgan fingerprint density at radius 2 is 2.00 bits per heavy atom. The van der Waals surface area contributed by atoms with Crippen molar-refractivity contribution >= 4 is 35.4 Å². The molecule has 2 N–H and O–H groups in total. The van der Waals surface area contributed by atoms with Gasteiger partial charge in [0.2, 0.25) is 0 Å². The number of hydrogen-bond acceptors (Lipinski definition) is 6. The van der Waals surface area contributed by atoms with Gasteiger partial charge in [0.05, 0.1) is 10.9 Å². The number of rotatable bonds is 5. The van der Waals surface area contributed by atoms with Crippen LogP contribution < -0.4 is 10.6 Å². The third kappa shape index (κ3) is 3.77. The minimum Gasteiger partial charge on any atom is -0.398 e. The van der Waals surface area contributed by atoms with E-state index in [-0.39, 0.29) is 5.82 Å². The van der Waals surface area contributed by atoms with Crippen LogP contribution in [0.15, 0.2) is 41.5 Å². The molecule has 4 rings (SSSR count). The summed E-state index contributed by atoms with van der Waals surface area (Å²) in [4.78, 5) is 11.1. The molecule has 0 spiro atoms. The van der Waals surface area contributed by atoms with Crippen LogP contribution in [0.5, 0.6) is 0 Å². The second-order valence-electron chi connectivity index (χ2n) is 6.32. The standard InChI is InChI=1S/C18H20FN5S/c19-14-2-4-15(5-3-14)21-9-13-10-22-18(8-17(13)20)23-11-16(12-23)25-24-6-1-7-24/h2-5,8-10,16H,1,6-7,11-12H2,(H2,20,22). The number of benzene rings is 1. The molecule has 130 valence electrons. The normalized spacial score (nSPS) is 18.4. The first-order valence-corrected chi connectivity index (χ1v) is 9.23. The van der Waals surface area contributed by atoms with Gasteiger partial charge in [-0.1, -0.05) is 11.9 Å². The van der Waals surface area contributed by atoms with Gasteiger partial charge in [0.1, 0.15) is 11.6 Å². The number of nitrogens with two attached hydrogens (primary N) is 1. The van der Waals surface area contributed by atoms with Crippen molar-refractivity contribution in [2.75, 3.05) is 36.8 Å². The fraction of sp³-hybridized carbons (Fsp3) is 0.333. The van der Waals surface area contributed by atoms with Crippen LogP contribution in [0.1, 0.15) is 12.0 Å². The lowest BCUT2D eigenvalue weighted by Gasteiger charge is -2.43. The van der Waals surface area contributed by atoms with E-state index in [0.717, 1.165) is 24.5 Å². The molecule has 1 aromatic carbocycles. The maximum Gasteiger partial charge on any atom is 0.130 e. The molecule has 2 aromatic rings. The summed E-state index contributed by atoms with van der Waals surface area (Å²) in [6.45, 7) is 4.45. The Kier molecular flexibility index (Phi) is 4.59. The van der Waals surface area contributed by atoms with Crippen molar-refractivity contribution < 1.29 is 4.39 Å². The van der Waals surface area contributed by atoms with Gasteiger partial charge in [0, 0.05) is 55.9 Å². The van der Waals surface area contributed by atoms with Gasteiger partial charge in [-0.05, 0) is 30.7 Å². The molecule has 2 aliphatic heterocycles. The zero-order valence-electron chi connectivity index (χ0n) is 13.8. The predicted octanol–water partition coefficient (Wildman–Crippen LogP) is 3.10. The van der Waals surface area contributed by atoms with Gasteiger partial charge in [0.15, 0.2) is 0 Å². The first-order valence-electron chi connectivity index (χ1n) is 8.39. The highest BCUT2D eigenvalue weighted by atomic mass is 32.2. The van der Waals surface area contributed by atoms with Crippen molar-refractivity contribution in [3.05, 3.63) is 47.9 Å². The molecule has 25 heavy (non-hydrogen) atoms. The molecule has 0 amide bonds. The lowest BCUT2D eigenvalue weighted by atomic mass is 10.2. The molecule has 2 saturated heterocycles. The number of nitrogen functional groups attached to an aromatic ring is 1. The third-order valence-electron chi connectivity index (χ3n) is 4.42. The lowest BCUT2D eigenvalue weighted by molar-refractivity contribution is 0.339. The average Bonchev–Trinajstić information content (AvgIpc) is 2.52. The van der Waals surface area contributed by atoms with Gasteiger partial charge in [-0.25, -0.2) is 9.37 Å². The zero-order chi connectivity index (χ0) is 17.2. The van der Waals surface area contributed by atoms with Crippen LogP contribution in [-0.4, -0.2) is 46.9 Å². The second-order valence-corrected chi connectivity index (χ2v) is 7.71. The summed E-state index contributed by atoms with van der Waals surface area (Å²) in [5.41, 5.74) is 8.23. The van der Waals surface area contributed by atoms with Gasteiger partial charge in [-0.2, -0.15) is 0 Å². The number of pyridine rings is 1. The first kappa shape index (κ1) is 16.4. The summed E-state index contributed by atoms with van der Waals surface area (Å²) in [5.74, 6) is 0.640. The van der Waals surface area contributed by atoms with Crippen LogP contribution >= 0.6 is 11.9 Å². The molecule has 0 radical (unpaired) electrons. The van der Waals surface area contributed by atoms with Gasteiger partial charge < -0.3 is 10.6 Å². The molecule has 0 unspecified atom stereocenters. The smallest absolute Gasteiger partial charge is 0.130 e. The maximum absolute atomic E-state index is 12.9. The van der Waals surface area contributed by atoms with Crippen molar-refractivity contribution in [2.45, 2.75) is 11.7 Å². The summed E-state index contributed by atoms with van der Waals surface area (Å²) in [7, 11) is 0. The molecular formula is C18H20FN5S. The van der Waals surface area contributed by atoms with Gasteiger partial charge in [-0.15, -0.1) is 0 Å². The van der Waals surface area contributed by atoms with E-state index in [1.807, 2.05) is 18.0 Å². The lowest BCUT2D eigenvalue weighted by Crippen LogP contribution is -2.51. The molecule has 2 fully saturated rings. The van der Waals surface area contributed by atoms with Crippen LogP contribution in [0, 0.1) is 5.82 Å². The molecule has 7 heteroatoms. The van der Waals surface area contributed by atoms with Crippen LogP contribution in [0.25, 0.3) is 0 Å². The van der Waals surface area contributed by atoms with Gasteiger partial charge in [-0.3, -0.25) is 9.30 Å². The van der Waals surface area contributed by atoms with Crippen LogP contribution in [0.4, 0.5) is 21.6 Å². The zero-order valence-corrected chi connectivity index (χ0v) is 14.6. The largest absolute Gasteiger partial charge is 0.398 e.